The van der Waals surface area contributed by atoms with E-state index in [-0.39, 0.29) is 24.4 Å². The molecule has 1 atom stereocenters. The van der Waals surface area contributed by atoms with Gasteiger partial charge in [0.2, 0.25) is 5.91 Å². The number of methoxy groups -OCH3 is 2. The molecule has 0 aromatic heterocycles. The molecule has 1 aliphatic heterocycles. The molecule has 2 amide bonds. The van der Waals surface area contributed by atoms with Crippen molar-refractivity contribution in [2.75, 3.05) is 33.9 Å². The predicted octanol–water partition coefficient (Wildman–Crippen LogP) is 5.17. The summed E-state index contributed by atoms with van der Waals surface area (Å²) in [5.41, 5.74) is 1.85. The van der Waals surface area contributed by atoms with Crippen LogP contribution < -0.4 is 14.2 Å². The summed E-state index contributed by atoms with van der Waals surface area (Å²) in [7, 11) is 3.22. The second kappa shape index (κ2) is 12.8. The average molecular weight is 509 g/mol. The molecule has 2 fully saturated rings. The van der Waals surface area contributed by atoms with Crippen molar-refractivity contribution in [1.82, 2.24) is 9.80 Å². The van der Waals surface area contributed by atoms with E-state index in [1.54, 1.807) is 19.1 Å². The lowest BCUT2D eigenvalue weighted by Gasteiger charge is -2.44. The summed E-state index contributed by atoms with van der Waals surface area (Å²) in [6.07, 6.45) is 8.05. The van der Waals surface area contributed by atoms with Crippen molar-refractivity contribution in [3.05, 3.63) is 53.6 Å². The minimum Gasteiger partial charge on any atom is -0.494 e. The van der Waals surface area contributed by atoms with Crippen LogP contribution in [0.25, 0.3) is 0 Å². The van der Waals surface area contributed by atoms with E-state index in [0.717, 1.165) is 55.4 Å². The summed E-state index contributed by atoms with van der Waals surface area (Å²) in [5.74, 6) is 2.13. The van der Waals surface area contributed by atoms with Gasteiger partial charge in [0, 0.05) is 12.6 Å². The molecule has 1 aliphatic carbocycles. The minimum absolute atomic E-state index is 0.000998. The topological polar surface area (TPSA) is 68.3 Å². The van der Waals surface area contributed by atoms with Gasteiger partial charge in [-0.05, 0) is 61.1 Å². The maximum atomic E-state index is 13.9. The van der Waals surface area contributed by atoms with Crippen LogP contribution in [-0.4, -0.2) is 61.6 Å². The third-order valence-electron chi connectivity index (χ3n) is 7.52. The molecule has 2 aliphatic rings. The highest BCUT2D eigenvalue weighted by Crippen LogP contribution is 2.34. The normalized spacial score (nSPS) is 18.7. The zero-order valence-corrected chi connectivity index (χ0v) is 22.4. The van der Waals surface area contributed by atoms with Crippen molar-refractivity contribution in [2.24, 2.45) is 0 Å². The Morgan fingerprint density at radius 3 is 2.32 bits per heavy atom. The first-order valence-electron chi connectivity index (χ1n) is 13.6. The van der Waals surface area contributed by atoms with E-state index in [2.05, 4.69) is 6.92 Å². The summed E-state index contributed by atoms with van der Waals surface area (Å²) in [4.78, 5) is 31.1. The van der Waals surface area contributed by atoms with Crippen LogP contribution in [0, 0.1) is 0 Å². The summed E-state index contributed by atoms with van der Waals surface area (Å²) in [6.45, 7) is 3.40. The van der Waals surface area contributed by atoms with Gasteiger partial charge in [-0.25, -0.2) is 0 Å². The van der Waals surface area contributed by atoms with Crippen molar-refractivity contribution < 1.29 is 23.8 Å². The number of hydrogen-bond acceptors (Lipinski definition) is 5. The summed E-state index contributed by atoms with van der Waals surface area (Å²) >= 11 is 0. The lowest BCUT2D eigenvalue weighted by atomic mass is 9.91. The molecule has 0 radical (unpaired) electrons. The lowest BCUT2D eigenvalue weighted by molar-refractivity contribution is -0.159. The maximum absolute atomic E-state index is 13.9. The van der Waals surface area contributed by atoms with Crippen LogP contribution in [0.2, 0.25) is 0 Å². The maximum Gasteiger partial charge on any atom is 0.250 e. The molecule has 1 heterocycles. The van der Waals surface area contributed by atoms with Crippen LogP contribution in [0.5, 0.6) is 17.2 Å². The monoisotopic (exact) mass is 508 g/mol. The highest BCUT2D eigenvalue weighted by Gasteiger charge is 2.42. The van der Waals surface area contributed by atoms with E-state index in [1.807, 2.05) is 47.4 Å². The summed E-state index contributed by atoms with van der Waals surface area (Å²) in [5, 5.41) is 0. The van der Waals surface area contributed by atoms with E-state index in [0.29, 0.717) is 31.1 Å². The van der Waals surface area contributed by atoms with Crippen LogP contribution in [0.1, 0.15) is 69.0 Å². The van der Waals surface area contributed by atoms with Crippen LogP contribution in [0.3, 0.4) is 0 Å². The Kier molecular flexibility index (Phi) is 9.31. The van der Waals surface area contributed by atoms with Gasteiger partial charge in [0.15, 0.2) is 11.5 Å². The molecule has 0 N–H and O–H groups in total. The zero-order chi connectivity index (χ0) is 26.2. The number of carbonyl (C=O) groups is 2. The number of carbonyl (C=O) groups excluding carboxylic acids is 2. The Morgan fingerprint density at radius 1 is 0.919 bits per heavy atom. The molecule has 200 valence electrons. The van der Waals surface area contributed by atoms with Crippen molar-refractivity contribution in [3.63, 3.8) is 0 Å². The number of nitrogens with zero attached hydrogens (tertiary/aromatic N) is 2. The Labute approximate surface area is 220 Å². The molecule has 37 heavy (non-hydrogen) atoms. The van der Waals surface area contributed by atoms with Gasteiger partial charge in [-0.3, -0.25) is 9.59 Å². The van der Waals surface area contributed by atoms with Gasteiger partial charge in [-0.15, -0.1) is 0 Å². The molecule has 0 bridgehead atoms. The Bertz CT molecular complexity index is 1050. The molecular weight excluding hydrogens is 468 g/mol. The van der Waals surface area contributed by atoms with Gasteiger partial charge >= 0.3 is 0 Å². The van der Waals surface area contributed by atoms with Crippen molar-refractivity contribution >= 4 is 11.8 Å². The zero-order valence-electron chi connectivity index (χ0n) is 22.4. The third kappa shape index (κ3) is 6.38. The molecule has 7 nitrogen and oxygen atoms in total. The molecule has 2 aromatic rings. The quantitative estimate of drug-likeness (QED) is 0.392. The first-order valence-corrected chi connectivity index (χ1v) is 13.6. The van der Waals surface area contributed by atoms with E-state index in [4.69, 9.17) is 14.2 Å². The van der Waals surface area contributed by atoms with Crippen molar-refractivity contribution in [3.8, 4) is 17.2 Å². The van der Waals surface area contributed by atoms with Crippen LogP contribution >= 0.6 is 0 Å². The summed E-state index contributed by atoms with van der Waals surface area (Å²) in [6, 6.07) is 13.0. The number of amides is 2. The Hall–Kier alpha value is -3.22. The average Bonchev–Trinajstić information content (AvgIpc) is 2.94. The second-order valence-corrected chi connectivity index (χ2v) is 9.96. The van der Waals surface area contributed by atoms with Gasteiger partial charge in [-0.2, -0.15) is 0 Å². The molecule has 7 heteroatoms. The highest BCUT2D eigenvalue weighted by molar-refractivity contribution is 5.95. The van der Waals surface area contributed by atoms with Gasteiger partial charge in [0.25, 0.3) is 5.91 Å². The van der Waals surface area contributed by atoms with E-state index >= 15 is 0 Å². The molecule has 2 aromatic carbocycles. The Balaban J connectivity index is 1.57. The summed E-state index contributed by atoms with van der Waals surface area (Å²) < 4.78 is 16.6. The number of piperazine rings is 1. The fourth-order valence-corrected chi connectivity index (χ4v) is 5.39. The van der Waals surface area contributed by atoms with Gasteiger partial charge in [0.05, 0.1) is 20.8 Å². The van der Waals surface area contributed by atoms with E-state index in [1.165, 1.54) is 6.42 Å². The number of hydrogen-bond donors (Lipinski definition) is 0. The molecule has 0 spiro atoms. The molecular formula is C30H40N2O5. The standard InChI is InChI=1S/C30H40N2O5/c1-4-5-19-37-25-14-12-23(13-15-25)29-30(34)32(24-9-7-6-8-10-24)21-28(33)31(29)18-17-22-11-16-26(35-2)27(20-22)36-3/h11-16,20,24,29H,4-10,17-19,21H2,1-3H3/t29-/m0/s1. The highest BCUT2D eigenvalue weighted by atomic mass is 16.5. The first-order chi connectivity index (χ1) is 18.0. The SMILES string of the molecule is CCCCOc1ccc([C@H]2C(=O)N(C3CCCCC3)CC(=O)N2CCc2ccc(OC)c(OC)c2)cc1. The van der Waals surface area contributed by atoms with Gasteiger partial charge in [0.1, 0.15) is 18.3 Å². The minimum atomic E-state index is -0.631. The van der Waals surface area contributed by atoms with E-state index in [9.17, 15) is 9.59 Å². The van der Waals surface area contributed by atoms with Gasteiger partial charge in [-0.1, -0.05) is 50.8 Å². The smallest absolute Gasteiger partial charge is 0.250 e. The lowest BCUT2D eigenvalue weighted by Crippen LogP contribution is -2.58. The van der Waals surface area contributed by atoms with Crippen molar-refractivity contribution in [2.45, 2.75) is 70.4 Å². The molecule has 1 saturated carbocycles. The molecule has 1 saturated heterocycles. The predicted molar refractivity (Wildman–Crippen MR) is 143 cm³/mol. The fourth-order valence-electron chi connectivity index (χ4n) is 5.39. The second-order valence-electron chi connectivity index (χ2n) is 9.96. The Morgan fingerprint density at radius 2 is 1.65 bits per heavy atom. The molecule has 4 rings (SSSR count). The van der Waals surface area contributed by atoms with Gasteiger partial charge < -0.3 is 24.0 Å². The van der Waals surface area contributed by atoms with Crippen LogP contribution in [0.15, 0.2) is 42.5 Å². The molecule has 0 unspecified atom stereocenters. The number of ether oxygens (including phenoxy) is 3. The number of rotatable bonds is 11. The fraction of sp³-hybridized carbons (Fsp3) is 0.533. The number of unbranched alkanes of at least 4 members (excludes halogenated alkanes) is 1. The van der Waals surface area contributed by atoms with Crippen LogP contribution in [-0.2, 0) is 16.0 Å². The van der Waals surface area contributed by atoms with E-state index < -0.39 is 6.04 Å². The number of benzene rings is 2. The largest absolute Gasteiger partial charge is 0.494 e. The van der Waals surface area contributed by atoms with Crippen molar-refractivity contribution in [1.29, 1.82) is 0 Å². The van der Waals surface area contributed by atoms with Crippen LogP contribution in [0.4, 0.5) is 0 Å². The first kappa shape index (κ1) is 26.8. The third-order valence-corrected chi connectivity index (χ3v) is 7.52.